The van der Waals surface area contributed by atoms with Crippen molar-refractivity contribution in [3.05, 3.63) is 28.2 Å². The van der Waals surface area contributed by atoms with Crippen LogP contribution >= 0.6 is 15.9 Å². The Hall–Kier alpha value is -1.60. The van der Waals surface area contributed by atoms with Gasteiger partial charge in [-0.05, 0) is 80.7 Å². The smallest absolute Gasteiger partial charge is 0.407 e. The molecule has 27 heavy (non-hydrogen) atoms. The minimum Gasteiger partial charge on any atom is -0.444 e. The maximum absolute atomic E-state index is 12.5. The van der Waals surface area contributed by atoms with Gasteiger partial charge in [0.05, 0.1) is 12.2 Å². The molecular formula is C20H30BrN3O3. The van der Waals surface area contributed by atoms with Crippen LogP contribution in [0, 0.1) is 6.92 Å². The average molecular weight is 440 g/mol. The Labute approximate surface area is 170 Å². The minimum absolute atomic E-state index is 0.0521. The van der Waals surface area contributed by atoms with E-state index in [-0.39, 0.29) is 11.9 Å². The Bertz CT molecular complexity index is 673. The van der Waals surface area contributed by atoms with E-state index in [4.69, 9.17) is 4.74 Å². The monoisotopic (exact) mass is 439 g/mol. The molecule has 2 N–H and O–H groups in total. The number of aryl methyl sites for hydroxylation is 1. The van der Waals surface area contributed by atoms with Crippen molar-refractivity contribution in [3.63, 3.8) is 0 Å². The highest BCUT2D eigenvalue weighted by Gasteiger charge is 2.26. The van der Waals surface area contributed by atoms with Crippen molar-refractivity contribution < 1.29 is 14.3 Å². The van der Waals surface area contributed by atoms with Gasteiger partial charge in [-0.3, -0.25) is 9.69 Å². The van der Waals surface area contributed by atoms with Crippen LogP contribution in [0.4, 0.5) is 10.5 Å². The first-order valence-corrected chi connectivity index (χ1v) is 10.2. The van der Waals surface area contributed by atoms with Crippen LogP contribution in [0.1, 0.15) is 45.6 Å². The van der Waals surface area contributed by atoms with Crippen molar-refractivity contribution in [3.8, 4) is 0 Å². The topological polar surface area (TPSA) is 70.7 Å². The molecule has 0 radical (unpaired) electrons. The minimum atomic E-state index is -0.516. The second kappa shape index (κ2) is 9.55. The third kappa shape index (κ3) is 7.50. The van der Waals surface area contributed by atoms with E-state index in [9.17, 15) is 9.59 Å². The number of carbonyl (C=O) groups excluding carboxylic acids is 2. The molecule has 0 aromatic heterocycles. The van der Waals surface area contributed by atoms with Crippen molar-refractivity contribution in [1.29, 1.82) is 0 Å². The number of amides is 2. The summed E-state index contributed by atoms with van der Waals surface area (Å²) in [5, 5.41) is 5.80. The second-order valence-electron chi connectivity index (χ2n) is 8.03. The molecule has 0 aliphatic carbocycles. The number of carbonyl (C=O) groups is 2. The fourth-order valence-electron chi connectivity index (χ4n) is 3.11. The zero-order valence-electron chi connectivity index (χ0n) is 16.6. The number of anilines is 1. The largest absolute Gasteiger partial charge is 0.444 e. The number of nitrogens with one attached hydrogen (secondary N) is 2. The molecule has 0 spiro atoms. The van der Waals surface area contributed by atoms with Gasteiger partial charge in [0.2, 0.25) is 5.91 Å². The standard InChI is InChI=1S/C20H30BrN3O3/c1-14-8-9-17(16(21)11-14)23-18(25)13-24-10-6-5-7-15(24)12-22-19(26)27-20(2,3)4/h8-9,11,15H,5-7,10,12-13H2,1-4H3,(H,22,26)(H,23,25). The Kier molecular flexibility index (Phi) is 7.68. The van der Waals surface area contributed by atoms with Gasteiger partial charge in [-0.15, -0.1) is 0 Å². The van der Waals surface area contributed by atoms with Crippen LogP contribution in [0.15, 0.2) is 22.7 Å². The van der Waals surface area contributed by atoms with Crippen molar-refractivity contribution in [2.24, 2.45) is 0 Å². The van der Waals surface area contributed by atoms with Gasteiger partial charge in [0.15, 0.2) is 0 Å². The van der Waals surface area contributed by atoms with Crippen LogP contribution in [0.3, 0.4) is 0 Å². The van der Waals surface area contributed by atoms with Crippen molar-refractivity contribution in [1.82, 2.24) is 10.2 Å². The number of halogens is 1. The molecule has 6 nitrogen and oxygen atoms in total. The highest BCUT2D eigenvalue weighted by Crippen LogP contribution is 2.23. The van der Waals surface area contributed by atoms with E-state index in [0.717, 1.165) is 41.5 Å². The molecular weight excluding hydrogens is 410 g/mol. The Morgan fingerprint density at radius 2 is 2.04 bits per heavy atom. The Morgan fingerprint density at radius 1 is 1.30 bits per heavy atom. The van der Waals surface area contributed by atoms with E-state index >= 15 is 0 Å². The lowest BCUT2D eigenvalue weighted by Gasteiger charge is -2.35. The average Bonchev–Trinajstić information content (AvgIpc) is 2.55. The van der Waals surface area contributed by atoms with Gasteiger partial charge in [-0.2, -0.15) is 0 Å². The molecule has 1 aliphatic rings. The van der Waals surface area contributed by atoms with Gasteiger partial charge in [-0.25, -0.2) is 4.79 Å². The third-order valence-corrected chi connectivity index (χ3v) is 5.03. The lowest BCUT2D eigenvalue weighted by Crippen LogP contribution is -2.49. The summed E-state index contributed by atoms with van der Waals surface area (Å²) in [7, 11) is 0. The van der Waals surface area contributed by atoms with Gasteiger partial charge in [0.25, 0.3) is 0 Å². The highest BCUT2D eigenvalue weighted by atomic mass is 79.9. The summed E-state index contributed by atoms with van der Waals surface area (Å²) < 4.78 is 6.17. The summed E-state index contributed by atoms with van der Waals surface area (Å²) in [5.74, 6) is -0.0521. The van der Waals surface area contributed by atoms with Crippen LogP contribution in [-0.4, -0.2) is 48.2 Å². The fourth-order valence-corrected chi connectivity index (χ4v) is 3.70. The van der Waals surface area contributed by atoms with Crippen LogP contribution in [0.5, 0.6) is 0 Å². The predicted octanol–water partition coefficient (Wildman–Crippen LogP) is 4.08. The number of ether oxygens (including phenoxy) is 1. The van der Waals surface area contributed by atoms with Gasteiger partial charge in [-0.1, -0.05) is 12.5 Å². The normalized spacial score (nSPS) is 18.0. The molecule has 1 fully saturated rings. The summed E-state index contributed by atoms with van der Waals surface area (Å²) in [6.07, 6.45) is 2.70. The molecule has 1 heterocycles. The van der Waals surface area contributed by atoms with E-state index in [1.807, 2.05) is 45.9 Å². The van der Waals surface area contributed by atoms with Crippen molar-refractivity contribution in [2.75, 3.05) is 25.0 Å². The predicted molar refractivity (Wildman–Crippen MR) is 111 cm³/mol. The van der Waals surface area contributed by atoms with E-state index in [2.05, 4.69) is 31.5 Å². The molecule has 2 amide bonds. The lowest BCUT2D eigenvalue weighted by molar-refractivity contribution is -0.118. The second-order valence-corrected chi connectivity index (χ2v) is 8.89. The number of piperidine rings is 1. The number of hydrogen-bond donors (Lipinski definition) is 2. The number of nitrogens with zero attached hydrogens (tertiary/aromatic N) is 1. The van der Waals surface area contributed by atoms with E-state index < -0.39 is 11.7 Å². The summed E-state index contributed by atoms with van der Waals surface area (Å²) in [6.45, 7) is 9.17. The Balaban J connectivity index is 1.88. The molecule has 2 rings (SSSR count). The summed E-state index contributed by atoms with van der Waals surface area (Å²) in [6, 6.07) is 5.98. The number of likely N-dealkylation sites (tertiary alicyclic amines) is 1. The van der Waals surface area contributed by atoms with Gasteiger partial charge >= 0.3 is 6.09 Å². The van der Waals surface area contributed by atoms with E-state index in [1.54, 1.807) is 0 Å². The molecule has 1 aromatic carbocycles. The van der Waals surface area contributed by atoms with Gasteiger partial charge in [0.1, 0.15) is 5.60 Å². The number of rotatable bonds is 5. The highest BCUT2D eigenvalue weighted by molar-refractivity contribution is 9.10. The molecule has 1 saturated heterocycles. The maximum Gasteiger partial charge on any atom is 0.407 e. The van der Waals surface area contributed by atoms with Gasteiger partial charge < -0.3 is 15.4 Å². The number of benzene rings is 1. The maximum atomic E-state index is 12.5. The van der Waals surface area contributed by atoms with Crippen LogP contribution in [-0.2, 0) is 9.53 Å². The quantitative estimate of drug-likeness (QED) is 0.724. The van der Waals surface area contributed by atoms with E-state index in [1.165, 1.54) is 0 Å². The van der Waals surface area contributed by atoms with Crippen LogP contribution < -0.4 is 10.6 Å². The molecule has 150 valence electrons. The summed E-state index contributed by atoms with van der Waals surface area (Å²) in [5.41, 5.74) is 1.38. The number of alkyl carbamates (subject to hydrolysis) is 1. The molecule has 0 saturated carbocycles. The summed E-state index contributed by atoms with van der Waals surface area (Å²) >= 11 is 3.49. The zero-order valence-corrected chi connectivity index (χ0v) is 18.2. The van der Waals surface area contributed by atoms with Crippen LogP contribution in [0.25, 0.3) is 0 Å². The van der Waals surface area contributed by atoms with E-state index in [0.29, 0.717) is 13.1 Å². The summed E-state index contributed by atoms with van der Waals surface area (Å²) in [4.78, 5) is 26.5. The molecule has 1 aliphatic heterocycles. The fraction of sp³-hybridized carbons (Fsp3) is 0.600. The van der Waals surface area contributed by atoms with Gasteiger partial charge in [0, 0.05) is 17.1 Å². The Morgan fingerprint density at radius 3 is 2.70 bits per heavy atom. The molecule has 1 atom stereocenters. The first-order chi connectivity index (χ1) is 12.6. The SMILES string of the molecule is Cc1ccc(NC(=O)CN2CCCCC2CNC(=O)OC(C)(C)C)c(Br)c1. The molecule has 0 bridgehead atoms. The third-order valence-electron chi connectivity index (χ3n) is 4.38. The first-order valence-electron chi connectivity index (χ1n) is 9.41. The molecule has 1 aromatic rings. The van der Waals surface area contributed by atoms with Crippen molar-refractivity contribution >= 4 is 33.6 Å². The lowest BCUT2D eigenvalue weighted by atomic mass is 10.0. The number of hydrogen-bond acceptors (Lipinski definition) is 4. The zero-order chi connectivity index (χ0) is 20.0. The molecule has 1 unspecified atom stereocenters. The van der Waals surface area contributed by atoms with Crippen LogP contribution in [0.2, 0.25) is 0 Å². The first kappa shape index (κ1) is 21.7. The molecule has 7 heteroatoms. The van der Waals surface area contributed by atoms with Crippen molar-refractivity contribution in [2.45, 2.75) is 58.6 Å².